The molecule has 2 aromatic carbocycles. The van der Waals surface area contributed by atoms with Crippen LogP contribution in [0.25, 0.3) is 0 Å². The first kappa shape index (κ1) is 13.4. The number of hydrogen-bond acceptors (Lipinski definition) is 3. The molecule has 3 N–H and O–H groups in total. The molecular formula is C14H13BrN2O2. The summed E-state index contributed by atoms with van der Waals surface area (Å²) in [5, 5.41) is 11.8. The molecule has 0 radical (unpaired) electrons. The standard InChI is InChI=1S/C14H13BrN2O2/c1-9-2-7-12(14(16)17-18)13(8-9)19-11-5-3-10(15)4-6-11/h2-8,18H,1H3,(H2,16,17). The van der Waals surface area contributed by atoms with Gasteiger partial charge in [-0.25, -0.2) is 0 Å². The number of hydrogen-bond donors (Lipinski definition) is 2. The van der Waals surface area contributed by atoms with E-state index in [4.69, 9.17) is 15.7 Å². The predicted molar refractivity (Wildman–Crippen MR) is 77.9 cm³/mol. The van der Waals surface area contributed by atoms with Crippen LogP contribution in [0, 0.1) is 6.92 Å². The Balaban J connectivity index is 2.38. The Morgan fingerprint density at radius 3 is 2.53 bits per heavy atom. The second-order valence-electron chi connectivity index (χ2n) is 4.04. The number of halogens is 1. The molecule has 0 saturated heterocycles. The lowest BCUT2D eigenvalue weighted by Gasteiger charge is -2.11. The van der Waals surface area contributed by atoms with E-state index in [-0.39, 0.29) is 5.84 Å². The summed E-state index contributed by atoms with van der Waals surface area (Å²) in [7, 11) is 0. The minimum absolute atomic E-state index is 0.0205. The van der Waals surface area contributed by atoms with Gasteiger partial charge in [-0.3, -0.25) is 0 Å². The summed E-state index contributed by atoms with van der Waals surface area (Å²) in [4.78, 5) is 0. The zero-order chi connectivity index (χ0) is 13.8. The molecule has 2 rings (SSSR count). The Morgan fingerprint density at radius 1 is 1.21 bits per heavy atom. The molecule has 4 nitrogen and oxygen atoms in total. The van der Waals surface area contributed by atoms with Gasteiger partial charge in [0, 0.05) is 4.47 Å². The van der Waals surface area contributed by atoms with Crippen molar-refractivity contribution in [3.8, 4) is 11.5 Å². The molecule has 2 aromatic rings. The molecule has 0 atom stereocenters. The zero-order valence-electron chi connectivity index (χ0n) is 10.3. The number of aryl methyl sites for hydroxylation is 1. The first-order chi connectivity index (χ1) is 9.10. The number of benzene rings is 2. The molecule has 0 unspecified atom stereocenters. The van der Waals surface area contributed by atoms with Gasteiger partial charge in [0.05, 0.1) is 5.56 Å². The topological polar surface area (TPSA) is 67.8 Å². The van der Waals surface area contributed by atoms with Gasteiger partial charge in [0.2, 0.25) is 0 Å². The van der Waals surface area contributed by atoms with Crippen LogP contribution >= 0.6 is 15.9 Å². The van der Waals surface area contributed by atoms with Crippen molar-refractivity contribution in [1.82, 2.24) is 0 Å². The molecule has 0 amide bonds. The van der Waals surface area contributed by atoms with Crippen molar-refractivity contribution in [1.29, 1.82) is 0 Å². The molecule has 98 valence electrons. The van der Waals surface area contributed by atoms with Gasteiger partial charge >= 0.3 is 0 Å². The molecule has 0 aliphatic carbocycles. The first-order valence-corrected chi connectivity index (χ1v) is 6.41. The lowest BCUT2D eigenvalue weighted by Crippen LogP contribution is -2.14. The first-order valence-electron chi connectivity index (χ1n) is 5.62. The van der Waals surface area contributed by atoms with Crippen molar-refractivity contribution in [3.63, 3.8) is 0 Å². The van der Waals surface area contributed by atoms with E-state index in [2.05, 4.69) is 21.1 Å². The Bertz CT molecular complexity index is 609. The highest BCUT2D eigenvalue weighted by Crippen LogP contribution is 2.27. The van der Waals surface area contributed by atoms with E-state index in [1.54, 1.807) is 6.07 Å². The van der Waals surface area contributed by atoms with Gasteiger partial charge in [0.15, 0.2) is 5.84 Å². The smallest absolute Gasteiger partial charge is 0.173 e. The van der Waals surface area contributed by atoms with Crippen LogP contribution in [-0.4, -0.2) is 11.0 Å². The molecule has 0 aliphatic heterocycles. The summed E-state index contributed by atoms with van der Waals surface area (Å²) in [6, 6.07) is 12.9. The summed E-state index contributed by atoms with van der Waals surface area (Å²) in [5.74, 6) is 1.26. The minimum Gasteiger partial charge on any atom is -0.457 e. The average molecular weight is 321 g/mol. The lowest BCUT2D eigenvalue weighted by atomic mass is 10.1. The van der Waals surface area contributed by atoms with Crippen LogP contribution in [0.15, 0.2) is 52.1 Å². The monoisotopic (exact) mass is 320 g/mol. The molecule has 0 fully saturated rings. The molecule has 0 heterocycles. The Morgan fingerprint density at radius 2 is 1.89 bits per heavy atom. The number of amidine groups is 1. The van der Waals surface area contributed by atoms with Crippen LogP contribution in [-0.2, 0) is 0 Å². The molecule has 0 aromatic heterocycles. The van der Waals surface area contributed by atoms with E-state index in [1.165, 1.54) is 0 Å². The van der Waals surface area contributed by atoms with Crippen molar-refractivity contribution in [3.05, 3.63) is 58.1 Å². The van der Waals surface area contributed by atoms with Gasteiger partial charge in [-0.2, -0.15) is 0 Å². The molecular weight excluding hydrogens is 308 g/mol. The van der Waals surface area contributed by atoms with Crippen LogP contribution in [0.1, 0.15) is 11.1 Å². The third-order valence-corrected chi connectivity index (χ3v) is 3.09. The zero-order valence-corrected chi connectivity index (χ0v) is 11.9. The van der Waals surface area contributed by atoms with Gasteiger partial charge < -0.3 is 15.7 Å². The van der Waals surface area contributed by atoms with E-state index >= 15 is 0 Å². The average Bonchev–Trinajstić information content (AvgIpc) is 2.41. The summed E-state index contributed by atoms with van der Waals surface area (Å²) < 4.78 is 6.75. The van der Waals surface area contributed by atoms with Crippen molar-refractivity contribution < 1.29 is 9.94 Å². The van der Waals surface area contributed by atoms with Crippen molar-refractivity contribution in [2.24, 2.45) is 10.9 Å². The fourth-order valence-corrected chi connectivity index (χ4v) is 1.87. The molecule has 0 spiro atoms. The maximum atomic E-state index is 8.79. The SMILES string of the molecule is Cc1ccc(C(N)=NO)c(Oc2ccc(Br)cc2)c1. The van der Waals surface area contributed by atoms with E-state index in [9.17, 15) is 0 Å². The number of nitrogens with two attached hydrogens (primary N) is 1. The van der Waals surface area contributed by atoms with Crippen LogP contribution in [0.2, 0.25) is 0 Å². The Kier molecular flexibility index (Phi) is 4.06. The van der Waals surface area contributed by atoms with Crippen molar-refractivity contribution in [2.75, 3.05) is 0 Å². The van der Waals surface area contributed by atoms with Crippen molar-refractivity contribution in [2.45, 2.75) is 6.92 Å². The van der Waals surface area contributed by atoms with E-state index in [0.29, 0.717) is 17.1 Å². The Hall–Kier alpha value is -2.01. The van der Waals surface area contributed by atoms with Crippen LogP contribution in [0.5, 0.6) is 11.5 Å². The highest BCUT2D eigenvalue weighted by atomic mass is 79.9. The maximum absolute atomic E-state index is 8.79. The predicted octanol–water partition coefficient (Wildman–Crippen LogP) is 3.64. The lowest BCUT2D eigenvalue weighted by molar-refractivity contribution is 0.318. The highest BCUT2D eigenvalue weighted by Gasteiger charge is 2.09. The summed E-state index contributed by atoms with van der Waals surface area (Å²) in [6.07, 6.45) is 0. The van der Waals surface area contributed by atoms with Crippen LogP contribution in [0.4, 0.5) is 0 Å². The number of ether oxygens (including phenoxy) is 1. The highest BCUT2D eigenvalue weighted by molar-refractivity contribution is 9.10. The summed E-state index contributed by atoms with van der Waals surface area (Å²) in [6.45, 7) is 1.95. The molecule has 0 saturated carbocycles. The Labute approximate surface area is 119 Å². The van der Waals surface area contributed by atoms with Gasteiger partial charge in [0.1, 0.15) is 11.5 Å². The number of oxime groups is 1. The summed E-state index contributed by atoms with van der Waals surface area (Å²) >= 11 is 3.36. The quantitative estimate of drug-likeness (QED) is 0.392. The fourth-order valence-electron chi connectivity index (χ4n) is 1.61. The van der Waals surface area contributed by atoms with Gasteiger partial charge in [0.25, 0.3) is 0 Å². The molecule has 19 heavy (non-hydrogen) atoms. The third kappa shape index (κ3) is 3.26. The van der Waals surface area contributed by atoms with Crippen LogP contribution < -0.4 is 10.5 Å². The van der Waals surface area contributed by atoms with E-state index < -0.39 is 0 Å². The fraction of sp³-hybridized carbons (Fsp3) is 0.0714. The number of rotatable bonds is 3. The second-order valence-corrected chi connectivity index (χ2v) is 4.96. The molecule has 0 aliphatic rings. The van der Waals surface area contributed by atoms with Crippen LogP contribution in [0.3, 0.4) is 0 Å². The van der Waals surface area contributed by atoms with E-state index in [0.717, 1.165) is 10.0 Å². The van der Waals surface area contributed by atoms with Crippen molar-refractivity contribution >= 4 is 21.8 Å². The second kappa shape index (κ2) is 5.75. The third-order valence-electron chi connectivity index (χ3n) is 2.56. The van der Waals surface area contributed by atoms with E-state index in [1.807, 2.05) is 43.3 Å². The minimum atomic E-state index is 0.0205. The largest absolute Gasteiger partial charge is 0.457 e. The van der Waals surface area contributed by atoms with Gasteiger partial charge in [-0.1, -0.05) is 27.2 Å². The van der Waals surface area contributed by atoms with Gasteiger partial charge in [-0.15, -0.1) is 0 Å². The molecule has 5 heteroatoms. The normalized spacial score (nSPS) is 11.4. The van der Waals surface area contributed by atoms with Gasteiger partial charge in [-0.05, 0) is 48.9 Å². The molecule has 0 bridgehead atoms. The number of nitrogens with zero attached hydrogens (tertiary/aromatic N) is 1. The summed E-state index contributed by atoms with van der Waals surface area (Å²) in [5.41, 5.74) is 7.22. The maximum Gasteiger partial charge on any atom is 0.173 e.